The first-order chi connectivity index (χ1) is 10.5. The zero-order chi connectivity index (χ0) is 16.1. The molecule has 2 rings (SSSR count). The average molecular weight is 294 g/mol. The minimum atomic E-state index is 0.438. The minimum Gasteiger partial charge on any atom is -0.383 e. The zero-order valence-corrected chi connectivity index (χ0v) is 14.0. The van der Waals surface area contributed by atoms with E-state index in [-0.39, 0.29) is 0 Å². The molecule has 0 aliphatic carbocycles. The molecule has 0 aromatic heterocycles. The summed E-state index contributed by atoms with van der Waals surface area (Å²) >= 11 is 0. The molecule has 0 unspecified atom stereocenters. The molecule has 0 atom stereocenters. The first kappa shape index (κ1) is 16.2. The van der Waals surface area contributed by atoms with Gasteiger partial charge in [-0.2, -0.15) is 0 Å². The Kier molecular flexibility index (Phi) is 5.26. The van der Waals surface area contributed by atoms with Gasteiger partial charge in [-0.25, -0.2) is 0 Å². The second kappa shape index (κ2) is 7.17. The summed E-state index contributed by atoms with van der Waals surface area (Å²) in [6, 6.07) is 17.3. The van der Waals surface area contributed by atoms with Crippen LogP contribution in [0.3, 0.4) is 0 Å². The van der Waals surface area contributed by atoms with Crippen LogP contribution in [0.1, 0.15) is 44.7 Å². The van der Waals surface area contributed by atoms with Gasteiger partial charge in [-0.15, -0.1) is 0 Å². The molecule has 2 aromatic rings. The van der Waals surface area contributed by atoms with Crippen molar-refractivity contribution in [2.24, 2.45) is 0 Å². The van der Waals surface area contributed by atoms with Crippen molar-refractivity contribution in [3.05, 3.63) is 66.2 Å². The Balaban J connectivity index is 2.02. The van der Waals surface area contributed by atoms with E-state index in [9.17, 15) is 0 Å². The van der Waals surface area contributed by atoms with E-state index in [1.54, 1.807) is 0 Å². The number of anilines is 2. The molecule has 0 amide bonds. The van der Waals surface area contributed by atoms with Crippen LogP contribution in [0, 0.1) is 0 Å². The van der Waals surface area contributed by atoms with Gasteiger partial charge in [0, 0.05) is 23.1 Å². The van der Waals surface area contributed by atoms with E-state index in [0.717, 1.165) is 22.6 Å². The first-order valence-electron chi connectivity index (χ1n) is 7.88. The number of rotatable bonds is 6. The third-order valence-corrected chi connectivity index (χ3v) is 3.56. The summed E-state index contributed by atoms with van der Waals surface area (Å²) in [6.45, 7) is 12.8. The Bertz CT molecular complexity index is 607. The van der Waals surface area contributed by atoms with E-state index in [2.05, 4.69) is 93.4 Å². The SMILES string of the molecule is C=C(Nc1ccc(NC(C)C)cc1)c1ccc(C(C)C)cc1. The zero-order valence-electron chi connectivity index (χ0n) is 14.0. The third kappa shape index (κ3) is 4.39. The Labute approximate surface area is 134 Å². The van der Waals surface area contributed by atoms with Gasteiger partial charge in [0.2, 0.25) is 0 Å². The molecule has 0 bridgehead atoms. The first-order valence-corrected chi connectivity index (χ1v) is 7.88. The molecule has 2 aromatic carbocycles. The molecule has 0 fully saturated rings. The maximum absolute atomic E-state index is 4.14. The molecule has 0 saturated carbocycles. The molecule has 2 N–H and O–H groups in total. The highest BCUT2D eigenvalue weighted by atomic mass is 14.9. The molecular formula is C20H26N2. The van der Waals surface area contributed by atoms with Crippen molar-refractivity contribution in [3.8, 4) is 0 Å². The average Bonchev–Trinajstić information content (AvgIpc) is 2.49. The van der Waals surface area contributed by atoms with Crippen LogP contribution >= 0.6 is 0 Å². The van der Waals surface area contributed by atoms with E-state index in [4.69, 9.17) is 0 Å². The van der Waals surface area contributed by atoms with Gasteiger partial charge >= 0.3 is 0 Å². The van der Waals surface area contributed by atoms with Crippen LogP contribution in [0.2, 0.25) is 0 Å². The van der Waals surface area contributed by atoms with Crippen molar-refractivity contribution < 1.29 is 0 Å². The smallest absolute Gasteiger partial charge is 0.0385 e. The largest absolute Gasteiger partial charge is 0.383 e. The highest BCUT2D eigenvalue weighted by molar-refractivity contribution is 5.75. The van der Waals surface area contributed by atoms with Crippen LogP contribution in [0.15, 0.2) is 55.1 Å². The highest BCUT2D eigenvalue weighted by Gasteiger charge is 2.03. The lowest BCUT2D eigenvalue weighted by atomic mass is 10.0. The van der Waals surface area contributed by atoms with Gasteiger partial charge in [0.15, 0.2) is 0 Å². The highest BCUT2D eigenvalue weighted by Crippen LogP contribution is 2.21. The van der Waals surface area contributed by atoms with E-state index in [1.807, 2.05) is 0 Å². The number of hydrogen-bond acceptors (Lipinski definition) is 2. The summed E-state index contributed by atoms with van der Waals surface area (Å²) in [5, 5.41) is 6.75. The van der Waals surface area contributed by atoms with Gasteiger partial charge in [0.25, 0.3) is 0 Å². The lowest BCUT2D eigenvalue weighted by Gasteiger charge is -2.13. The number of nitrogens with one attached hydrogen (secondary N) is 2. The quantitative estimate of drug-likeness (QED) is 0.712. The van der Waals surface area contributed by atoms with Crippen LogP contribution in [0.25, 0.3) is 5.70 Å². The second-order valence-electron chi connectivity index (χ2n) is 6.26. The van der Waals surface area contributed by atoms with Crippen LogP contribution in [-0.4, -0.2) is 6.04 Å². The fraction of sp³-hybridized carbons (Fsp3) is 0.300. The van der Waals surface area contributed by atoms with Gasteiger partial charge in [0.05, 0.1) is 0 Å². The van der Waals surface area contributed by atoms with Crippen LogP contribution < -0.4 is 10.6 Å². The lowest BCUT2D eigenvalue weighted by Crippen LogP contribution is -2.09. The summed E-state index contributed by atoms with van der Waals surface area (Å²) < 4.78 is 0. The van der Waals surface area contributed by atoms with Crippen molar-refractivity contribution in [3.63, 3.8) is 0 Å². The standard InChI is InChI=1S/C20H26N2/c1-14(2)17-6-8-18(9-7-17)16(5)22-20-12-10-19(11-13-20)21-15(3)4/h6-15,21-22H,5H2,1-4H3. The van der Waals surface area contributed by atoms with Crippen molar-refractivity contribution in [2.75, 3.05) is 10.6 Å². The molecule has 0 aliphatic heterocycles. The summed E-state index contributed by atoms with van der Waals surface area (Å²) in [5.74, 6) is 0.552. The van der Waals surface area contributed by atoms with E-state index >= 15 is 0 Å². The molecule has 2 nitrogen and oxygen atoms in total. The summed E-state index contributed by atoms with van der Waals surface area (Å²) in [4.78, 5) is 0. The molecular weight excluding hydrogens is 268 g/mol. The monoisotopic (exact) mass is 294 g/mol. The molecule has 0 radical (unpaired) electrons. The Morgan fingerprint density at radius 2 is 1.36 bits per heavy atom. The molecule has 22 heavy (non-hydrogen) atoms. The predicted molar refractivity (Wildman–Crippen MR) is 98.4 cm³/mol. The van der Waals surface area contributed by atoms with Crippen molar-refractivity contribution in [1.29, 1.82) is 0 Å². The van der Waals surface area contributed by atoms with Crippen LogP contribution in [0.4, 0.5) is 11.4 Å². The van der Waals surface area contributed by atoms with E-state index in [1.165, 1.54) is 5.56 Å². The van der Waals surface area contributed by atoms with Gasteiger partial charge in [-0.1, -0.05) is 44.7 Å². The maximum atomic E-state index is 4.14. The van der Waals surface area contributed by atoms with E-state index < -0.39 is 0 Å². The maximum Gasteiger partial charge on any atom is 0.0385 e. The van der Waals surface area contributed by atoms with Crippen LogP contribution in [0.5, 0.6) is 0 Å². The Morgan fingerprint density at radius 1 is 0.818 bits per heavy atom. The number of hydrogen-bond donors (Lipinski definition) is 2. The fourth-order valence-electron chi connectivity index (χ4n) is 2.30. The second-order valence-corrected chi connectivity index (χ2v) is 6.26. The molecule has 0 spiro atoms. The summed E-state index contributed by atoms with van der Waals surface area (Å²) in [6.07, 6.45) is 0. The normalized spacial score (nSPS) is 10.8. The van der Waals surface area contributed by atoms with Crippen molar-refractivity contribution in [2.45, 2.75) is 39.7 Å². The summed E-state index contributed by atoms with van der Waals surface area (Å²) in [5.41, 5.74) is 5.56. The van der Waals surface area contributed by atoms with Crippen molar-refractivity contribution in [1.82, 2.24) is 0 Å². The topological polar surface area (TPSA) is 24.1 Å². The molecule has 0 aliphatic rings. The Hall–Kier alpha value is -2.22. The lowest BCUT2D eigenvalue weighted by molar-refractivity contribution is 0.866. The minimum absolute atomic E-state index is 0.438. The molecule has 0 heterocycles. The molecule has 2 heteroatoms. The number of benzene rings is 2. The molecule has 0 saturated heterocycles. The fourth-order valence-corrected chi connectivity index (χ4v) is 2.30. The van der Waals surface area contributed by atoms with Gasteiger partial charge < -0.3 is 10.6 Å². The van der Waals surface area contributed by atoms with E-state index in [0.29, 0.717) is 12.0 Å². The predicted octanol–water partition coefficient (Wildman–Crippen LogP) is 5.71. The third-order valence-electron chi connectivity index (χ3n) is 3.56. The Morgan fingerprint density at radius 3 is 1.86 bits per heavy atom. The molecule has 116 valence electrons. The summed E-state index contributed by atoms with van der Waals surface area (Å²) in [7, 11) is 0. The van der Waals surface area contributed by atoms with Gasteiger partial charge in [0.1, 0.15) is 0 Å². The van der Waals surface area contributed by atoms with Crippen LogP contribution in [-0.2, 0) is 0 Å². The van der Waals surface area contributed by atoms with Gasteiger partial charge in [-0.3, -0.25) is 0 Å². The van der Waals surface area contributed by atoms with Crippen molar-refractivity contribution >= 4 is 17.1 Å². The van der Waals surface area contributed by atoms with Gasteiger partial charge in [-0.05, 0) is 55.2 Å².